The van der Waals surface area contributed by atoms with Crippen LogP contribution in [0.15, 0.2) is 46.3 Å². The van der Waals surface area contributed by atoms with Gasteiger partial charge in [0.25, 0.3) is 0 Å². The van der Waals surface area contributed by atoms with Gasteiger partial charge in [-0.3, -0.25) is 0 Å². The van der Waals surface area contributed by atoms with Crippen molar-refractivity contribution in [1.29, 1.82) is 0 Å². The molecule has 0 spiro atoms. The van der Waals surface area contributed by atoms with Crippen LogP contribution in [0.4, 0.5) is 0 Å². The Morgan fingerprint density at radius 2 is 2.25 bits per heavy atom. The third kappa shape index (κ3) is 6.73. The summed E-state index contributed by atoms with van der Waals surface area (Å²) in [5.74, 6) is 2.54. The summed E-state index contributed by atoms with van der Waals surface area (Å²) in [5.41, 5.74) is 1.05. The highest BCUT2D eigenvalue weighted by Gasteiger charge is 2.03. The average molecular weight is 444 g/mol. The topological polar surface area (TPSA) is 80.3 Å². The molecule has 0 unspecified atom stereocenters. The molecule has 0 aromatic carbocycles. The lowest BCUT2D eigenvalue weighted by atomic mass is 10.3. The maximum atomic E-state index is 5.30. The van der Waals surface area contributed by atoms with Gasteiger partial charge >= 0.3 is 0 Å². The highest BCUT2D eigenvalue weighted by molar-refractivity contribution is 14.0. The Hall–Kier alpha value is -1.84. The van der Waals surface area contributed by atoms with E-state index in [0.717, 1.165) is 42.6 Å². The summed E-state index contributed by atoms with van der Waals surface area (Å²) in [4.78, 5) is 4.52. The van der Waals surface area contributed by atoms with Gasteiger partial charge in [-0.05, 0) is 19.1 Å². The van der Waals surface area contributed by atoms with Crippen molar-refractivity contribution in [3.05, 3.63) is 48.5 Å². The Kier molecular flexibility index (Phi) is 9.13. The predicted octanol–water partition coefficient (Wildman–Crippen LogP) is 2.36. The first-order valence-electron chi connectivity index (χ1n) is 7.74. The minimum absolute atomic E-state index is 0. The van der Waals surface area contributed by atoms with Gasteiger partial charge in [-0.2, -0.15) is 0 Å². The van der Waals surface area contributed by atoms with Crippen LogP contribution in [-0.2, 0) is 19.5 Å². The van der Waals surface area contributed by atoms with Crippen LogP contribution < -0.4 is 10.6 Å². The lowest BCUT2D eigenvalue weighted by molar-refractivity contribution is 0.511. The number of nitrogens with zero attached hydrogens (tertiary/aromatic N) is 4. The van der Waals surface area contributed by atoms with E-state index in [1.54, 1.807) is 12.6 Å². The molecule has 0 fully saturated rings. The molecule has 0 aliphatic heterocycles. The number of hydrogen-bond donors (Lipinski definition) is 2. The molecule has 0 saturated carbocycles. The number of nitrogens with one attached hydrogen (secondary N) is 2. The maximum absolute atomic E-state index is 5.30. The lowest BCUT2D eigenvalue weighted by Gasteiger charge is -2.13. The SMILES string of the molecule is C=C(C)CNC(=NCc1ccco1)NCCn1cnnc1CC.I. The first-order chi connectivity index (χ1) is 11.2. The molecule has 7 nitrogen and oxygen atoms in total. The highest BCUT2D eigenvalue weighted by Crippen LogP contribution is 2.01. The Labute approximate surface area is 159 Å². The second-order valence-electron chi connectivity index (χ2n) is 5.28. The first kappa shape index (κ1) is 20.2. The van der Waals surface area contributed by atoms with E-state index >= 15 is 0 Å². The maximum Gasteiger partial charge on any atom is 0.192 e. The molecule has 2 aromatic heterocycles. The van der Waals surface area contributed by atoms with Gasteiger partial charge in [-0.1, -0.05) is 19.1 Å². The fourth-order valence-corrected chi connectivity index (χ4v) is 2.00. The minimum Gasteiger partial charge on any atom is -0.467 e. The van der Waals surface area contributed by atoms with Gasteiger partial charge < -0.3 is 19.6 Å². The molecule has 24 heavy (non-hydrogen) atoms. The van der Waals surface area contributed by atoms with Gasteiger partial charge in [0.05, 0.1) is 6.26 Å². The number of hydrogen-bond acceptors (Lipinski definition) is 4. The number of furan rings is 1. The van der Waals surface area contributed by atoms with E-state index in [-0.39, 0.29) is 24.0 Å². The molecule has 0 saturated heterocycles. The van der Waals surface area contributed by atoms with E-state index in [0.29, 0.717) is 13.1 Å². The largest absolute Gasteiger partial charge is 0.467 e. The number of guanidine groups is 1. The Morgan fingerprint density at radius 3 is 2.92 bits per heavy atom. The summed E-state index contributed by atoms with van der Waals surface area (Å²) in [7, 11) is 0. The molecule has 0 bridgehead atoms. The summed E-state index contributed by atoms with van der Waals surface area (Å²) in [5, 5.41) is 14.6. The van der Waals surface area contributed by atoms with E-state index in [2.05, 4.69) is 39.3 Å². The first-order valence-corrected chi connectivity index (χ1v) is 7.74. The van der Waals surface area contributed by atoms with E-state index < -0.39 is 0 Å². The van der Waals surface area contributed by atoms with Gasteiger partial charge in [0.15, 0.2) is 5.96 Å². The molecule has 2 rings (SSSR count). The van der Waals surface area contributed by atoms with Gasteiger partial charge in [-0.25, -0.2) is 4.99 Å². The molecule has 2 heterocycles. The fourth-order valence-electron chi connectivity index (χ4n) is 2.00. The zero-order valence-corrected chi connectivity index (χ0v) is 16.5. The number of aryl methyl sites for hydroxylation is 1. The van der Waals surface area contributed by atoms with Crippen LogP contribution in [0, 0.1) is 0 Å². The van der Waals surface area contributed by atoms with Crippen molar-refractivity contribution in [1.82, 2.24) is 25.4 Å². The second kappa shape index (κ2) is 10.8. The summed E-state index contributed by atoms with van der Waals surface area (Å²) < 4.78 is 7.34. The molecule has 132 valence electrons. The molecule has 2 aromatic rings. The normalized spacial score (nSPS) is 11.0. The molecule has 0 aliphatic carbocycles. The molecule has 0 radical (unpaired) electrons. The number of halogens is 1. The van der Waals surface area contributed by atoms with Gasteiger partial charge in [0.2, 0.25) is 0 Å². The Bertz CT molecular complexity index is 635. The standard InChI is InChI=1S/C16H24N6O.HI/c1-4-15-21-20-12-22(15)8-7-17-16(18-10-13(2)3)19-11-14-6-5-9-23-14;/h5-6,9,12H,2,4,7-8,10-11H2,1,3H3,(H2,17,18,19);1H. The molecule has 8 heteroatoms. The minimum atomic E-state index is 0. The smallest absolute Gasteiger partial charge is 0.192 e. The molecule has 0 aliphatic rings. The molecule has 0 amide bonds. The summed E-state index contributed by atoms with van der Waals surface area (Å²) in [6.07, 6.45) is 4.27. The number of aliphatic imine (C=N–C) groups is 1. The molecule has 2 N–H and O–H groups in total. The average Bonchev–Trinajstić information content (AvgIpc) is 3.20. The quantitative estimate of drug-likeness (QED) is 0.283. The van der Waals surface area contributed by atoms with Crippen LogP contribution in [0.2, 0.25) is 0 Å². The highest BCUT2D eigenvalue weighted by atomic mass is 127. The molecular weight excluding hydrogens is 419 g/mol. The van der Waals surface area contributed by atoms with Crippen molar-refractivity contribution in [2.45, 2.75) is 33.4 Å². The Balaban J connectivity index is 0.00000288. The van der Waals surface area contributed by atoms with Crippen LogP contribution in [0.1, 0.15) is 25.4 Å². The third-order valence-corrected chi connectivity index (χ3v) is 3.19. The zero-order valence-electron chi connectivity index (χ0n) is 14.2. The number of rotatable bonds is 8. The van der Waals surface area contributed by atoms with Crippen molar-refractivity contribution in [3.63, 3.8) is 0 Å². The summed E-state index contributed by atoms with van der Waals surface area (Å²) in [6.45, 7) is 10.6. The van der Waals surface area contributed by atoms with E-state index in [4.69, 9.17) is 4.42 Å². The number of aromatic nitrogens is 3. The van der Waals surface area contributed by atoms with Crippen molar-refractivity contribution in [3.8, 4) is 0 Å². The van der Waals surface area contributed by atoms with Gasteiger partial charge in [0.1, 0.15) is 24.5 Å². The second-order valence-corrected chi connectivity index (χ2v) is 5.28. The van der Waals surface area contributed by atoms with Crippen LogP contribution in [-0.4, -0.2) is 33.8 Å². The van der Waals surface area contributed by atoms with Crippen molar-refractivity contribution < 1.29 is 4.42 Å². The van der Waals surface area contributed by atoms with Crippen molar-refractivity contribution >= 4 is 29.9 Å². The van der Waals surface area contributed by atoms with E-state index in [1.807, 2.05) is 23.6 Å². The molecule has 0 atom stereocenters. The van der Waals surface area contributed by atoms with Gasteiger partial charge in [0, 0.05) is 26.1 Å². The van der Waals surface area contributed by atoms with Crippen LogP contribution in [0.25, 0.3) is 0 Å². The van der Waals surface area contributed by atoms with Crippen LogP contribution in [0.3, 0.4) is 0 Å². The van der Waals surface area contributed by atoms with Gasteiger partial charge in [-0.15, -0.1) is 34.2 Å². The predicted molar refractivity (Wildman–Crippen MR) is 105 cm³/mol. The zero-order chi connectivity index (χ0) is 16.5. The van der Waals surface area contributed by atoms with Crippen molar-refractivity contribution in [2.24, 2.45) is 4.99 Å². The summed E-state index contributed by atoms with van der Waals surface area (Å²) >= 11 is 0. The van der Waals surface area contributed by atoms with Crippen molar-refractivity contribution in [2.75, 3.05) is 13.1 Å². The van der Waals surface area contributed by atoms with Crippen LogP contribution in [0.5, 0.6) is 0 Å². The molecular formula is C16H25IN6O. The summed E-state index contributed by atoms with van der Waals surface area (Å²) in [6, 6.07) is 3.77. The fraction of sp³-hybridized carbons (Fsp3) is 0.438. The third-order valence-electron chi connectivity index (χ3n) is 3.19. The lowest BCUT2D eigenvalue weighted by Crippen LogP contribution is -2.39. The van der Waals surface area contributed by atoms with Crippen LogP contribution >= 0.6 is 24.0 Å². The van der Waals surface area contributed by atoms with E-state index in [1.165, 1.54) is 0 Å². The Morgan fingerprint density at radius 1 is 1.42 bits per heavy atom. The monoisotopic (exact) mass is 444 g/mol. The van der Waals surface area contributed by atoms with E-state index in [9.17, 15) is 0 Å².